The van der Waals surface area contributed by atoms with E-state index in [4.69, 9.17) is 26.2 Å². The number of nitrogens with one attached hydrogen (secondary N) is 2. The third-order valence-electron chi connectivity index (χ3n) is 5.45. The minimum atomic E-state index is -0.959. The fraction of sp³-hybridized carbons (Fsp3) is 0.375. The highest BCUT2D eigenvalue weighted by Crippen LogP contribution is 2.36. The first-order chi connectivity index (χ1) is 16.4. The van der Waals surface area contributed by atoms with E-state index >= 15 is 0 Å². The van der Waals surface area contributed by atoms with Crippen molar-refractivity contribution in [3.8, 4) is 11.5 Å². The summed E-state index contributed by atoms with van der Waals surface area (Å²) in [5, 5.41) is 36.3. The fourth-order valence-electron chi connectivity index (χ4n) is 3.67. The van der Waals surface area contributed by atoms with Gasteiger partial charge in [0, 0.05) is 29.7 Å². The summed E-state index contributed by atoms with van der Waals surface area (Å²) in [6.07, 6.45) is 0.0881. The molecule has 5 N–H and O–H groups in total. The molecule has 0 saturated carbocycles. The van der Waals surface area contributed by atoms with Crippen molar-refractivity contribution < 1.29 is 29.6 Å². The molecule has 3 rings (SSSR count). The summed E-state index contributed by atoms with van der Waals surface area (Å²) in [7, 11) is 1.50. The summed E-state index contributed by atoms with van der Waals surface area (Å²) in [5.74, 6) is 0.498. The van der Waals surface area contributed by atoms with Crippen LogP contribution in [0.5, 0.6) is 11.5 Å². The largest absolute Gasteiger partial charge is 0.493 e. The molecule has 2 aromatic carbocycles. The maximum absolute atomic E-state index is 12.7. The normalized spacial score (nSPS) is 19.9. The van der Waals surface area contributed by atoms with Gasteiger partial charge >= 0.3 is 0 Å². The molecule has 0 heterocycles. The second kappa shape index (κ2) is 12.7. The average Bonchev–Trinajstić information content (AvgIpc) is 2.84. The van der Waals surface area contributed by atoms with Gasteiger partial charge in [-0.05, 0) is 70.5 Å². The summed E-state index contributed by atoms with van der Waals surface area (Å²) in [5.41, 5.74) is 2.09. The highest BCUT2D eigenvalue weighted by atomic mass is 127. The first-order valence-electron chi connectivity index (χ1n) is 10.8. The van der Waals surface area contributed by atoms with Crippen LogP contribution in [0, 0.1) is 3.57 Å². The van der Waals surface area contributed by atoms with Crippen LogP contribution in [0.4, 0.5) is 0 Å². The van der Waals surface area contributed by atoms with Gasteiger partial charge in [0.15, 0.2) is 11.5 Å². The van der Waals surface area contributed by atoms with Gasteiger partial charge < -0.3 is 35.4 Å². The van der Waals surface area contributed by atoms with Gasteiger partial charge in [0.25, 0.3) is 0 Å². The molecule has 0 spiro atoms. The number of amides is 1. The van der Waals surface area contributed by atoms with Crippen LogP contribution in [0.3, 0.4) is 0 Å². The summed E-state index contributed by atoms with van der Waals surface area (Å²) < 4.78 is 12.3. The van der Waals surface area contributed by atoms with Gasteiger partial charge in [0.1, 0.15) is 12.2 Å². The molecule has 0 aromatic heterocycles. The van der Waals surface area contributed by atoms with Crippen molar-refractivity contribution in [3.63, 3.8) is 0 Å². The van der Waals surface area contributed by atoms with Crippen LogP contribution >= 0.6 is 34.2 Å². The second-order valence-corrected chi connectivity index (χ2v) is 9.43. The number of aliphatic hydroxyl groups is 3. The molecular weight excluding hydrogens is 575 g/mol. The predicted octanol–water partition coefficient (Wildman–Crippen LogP) is 2.15. The lowest BCUT2D eigenvalue weighted by molar-refractivity contribution is -0.118. The minimum Gasteiger partial charge on any atom is -0.493 e. The van der Waals surface area contributed by atoms with E-state index in [1.54, 1.807) is 30.3 Å². The number of aliphatic hydroxyl groups excluding tert-OH is 3. The summed E-state index contributed by atoms with van der Waals surface area (Å²) in [4.78, 5) is 12.7. The van der Waals surface area contributed by atoms with E-state index in [1.807, 2.05) is 12.1 Å². The van der Waals surface area contributed by atoms with Crippen molar-refractivity contribution >= 4 is 40.1 Å². The number of hydrogen-bond donors (Lipinski definition) is 5. The highest BCUT2D eigenvalue weighted by Gasteiger charge is 2.36. The first kappa shape index (κ1) is 26.7. The van der Waals surface area contributed by atoms with Crippen molar-refractivity contribution in [2.45, 2.75) is 37.8 Å². The van der Waals surface area contributed by atoms with Gasteiger partial charge in [-0.2, -0.15) is 0 Å². The van der Waals surface area contributed by atoms with Crippen LogP contribution in [-0.2, 0) is 17.9 Å². The smallest absolute Gasteiger partial charge is 0.247 e. The van der Waals surface area contributed by atoms with E-state index in [0.717, 1.165) is 5.56 Å². The number of halogens is 2. The summed E-state index contributed by atoms with van der Waals surface area (Å²) in [6.45, 7) is 0.265. The van der Waals surface area contributed by atoms with Crippen molar-refractivity contribution in [1.29, 1.82) is 0 Å². The number of carbonyl (C=O) groups is 1. The molecule has 10 heteroatoms. The molecular formula is C24H28ClIN2O6. The molecule has 1 amide bonds. The monoisotopic (exact) mass is 602 g/mol. The Labute approximate surface area is 217 Å². The molecule has 3 atom stereocenters. The minimum absolute atomic E-state index is 0.126. The number of carbonyl (C=O) groups excluding carboxylic acids is 1. The van der Waals surface area contributed by atoms with E-state index in [9.17, 15) is 15.0 Å². The SMILES string of the molecule is COc1cc(CO)cc(I)c1OC1C=C(C(=O)NCCO)CC(NCc2ccc(Cl)cc2)C1O. The standard InChI is InChI=1S/C24H28ClIN2O6/c1-33-21-9-15(13-30)8-18(26)23(21)34-20-11-16(24(32)27-6-7-29)10-19(22(20)31)28-12-14-2-4-17(25)5-3-14/h2-5,8-9,11,19-20,22,28-31H,6-7,10,12-13H2,1H3,(H,27,32). The highest BCUT2D eigenvalue weighted by molar-refractivity contribution is 14.1. The van der Waals surface area contributed by atoms with Gasteiger partial charge in [-0.25, -0.2) is 0 Å². The Balaban J connectivity index is 1.85. The third kappa shape index (κ3) is 6.83. The van der Waals surface area contributed by atoms with Crippen molar-refractivity contribution in [3.05, 3.63) is 67.8 Å². The van der Waals surface area contributed by atoms with E-state index < -0.39 is 18.2 Å². The molecule has 1 aliphatic carbocycles. The first-order valence-corrected chi connectivity index (χ1v) is 12.2. The van der Waals surface area contributed by atoms with Gasteiger partial charge in [-0.1, -0.05) is 23.7 Å². The number of methoxy groups -OCH3 is 1. The molecule has 0 aliphatic heterocycles. The molecule has 8 nitrogen and oxygen atoms in total. The Kier molecular flexibility index (Phi) is 9.98. The molecule has 184 valence electrons. The van der Waals surface area contributed by atoms with Gasteiger partial charge in [-0.15, -0.1) is 0 Å². The predicted molar refractivity (Wildman–Crippen MR) is 137 cm³/mol. The Morgan fingerprint density at radius 3 is 2.59 bits per heavy atom. The van der Waals surface area contributed by atoms with Crippen molar-refractivity contribution in [2.75, 3.05) is 20.3 Å². The van der Waals surface area contributed by atoms with Crippen molar-refractivity contribution in [2.24, 2.45) is 0 Å². The number of ether oxygens (including phenoxy) is 2. The van der Waals surface area contributed by atoms with Crippen LogP contribution < -0.4 is 20.1 Å². The second-order valence-electron chi connectivity index (χ2n) is 7.83. The van der Waals surface area contributed by atoms with Crippen molar-refractivity contribution in [1.82, 2.24) is 10.6 Å². The zero-order valence-electron chi connectivity index (χ0n) is 18.6. The Hall–Kier alpha value is -1.89. The zero-order chi connectivity index (χ0) is 24.7. The lowest BCUT2D eigenvalue weighted by Gasteiger charge is -2.34. The Morgan fingerprint density at radius 1 is 1.21 bits per heavy atom. The third-order valence-corrected chi connectivity index (χ3v) is 6.50. The Bertz CT molecular complexity index is 1020. The maximum atomic E-state index is 12.7. The molecule has 2 aromatic rings. The molecule has 3 unspecified atom stereocenters. The van der Waals surface area contributed by atoms with Gasteiger partial charge in [0.05, 0.1) is 23.9 Å². The lowest BCUT2D eigenvalue weighted by Crippen LogP contribution is -2.51. The van der Waals surface area contributed by atoms with Gasteiger partial charge in [-0.3, -0.25) is 4.79 Å². The van der Waals surface area contributed by atoms with Gasteiger partial charge in [0.2, 0.25) is 5.91 Å². The average molecular weight is 603 g/mol. The maximum Gasteiger partial charge on any atom is 0.247 e. The van der Waals surface area contributed by atoms with Crippen LogP contribution in [0.25, 0.3) is 0 Å². The molecule has 34 heavy (non-hydrogen) atoms. The van der Waals surface area contributed by atoms with Crippen LogP contribution in [0.2, 0.25) is 5.02 Å². The van der Waals surface area contributed by atoms with Crippen LogP contribution in [-0.4, -0.2) is 59.7 Å². The molecule has 0 saturated heterocycles. The van der Waals surface area contributed by atoms with Crippen LogP contribution in [0.1, 0.15) is 17.5 Å². The topological polar surface area (TPSA) is 120 Å². The molecule has 0 radical (unpaired) electrons. The van der Waals surface area contributed by atoms with E-state index in [1.165, 1.54) is 7.11 Å². The van der Waals surface area contributed by atoms with E-state index in [0.29, 0.717) is 37.8 Å². The van der Waals surface area contributed by atoms with E-state index in [-0.39, 0.29) is 32.1 Å². The van der Waals surface area contributed by atoms with Crippen LogP contribution in [0.15, 0.2) is 48.0 Å². The quantitative estimate of drug-likeness (QED) is 0.265. The summed E-state index contributed by atoms with van der Waals surface area (Å²) >= 11 is 8.04. The summed E-state index contributed by atoms with van der Waals surface area (Å²) in [6, 6.07) is 10.3. The fourth-order valence-corrected chi connectivity index (χ4v) is 4.58. The molecule has 1 aliphatic rings. The number of hydrogen-bond acceptors (Lipinski definition) is 7. The zero-order valence-corrected chi connectivity index (χ0v) is 21.5. The molecule has 0 fully saturated rings. The van der Waals surface area contributed by atoms with E-state index in [2.05, 4.69) is 33.2 Å². The Morgan fingerprint density at radius 2 is 1.94 bits per heavy atom. The number of rotatable bonds is 10. The lowest BCUT2D eigenvalue weighted by atomic mass is 9.89. The molecule has 0 bridgehead atoms. The number of benzene rings is 2.